The third-order valence-corrected chi connectivity index (χ3v) is 2.79. The second kappa shape index (κ2) is 4.84. The molecule has 1 aromatic rings. The van der Waals surface area contributed by atoms with Crippen LogP contribution in [0.2, 0.25) is 0 Å². The molecule has 16 heavy (non-hydrogen) atoms. The van der Waals surface area contributed by atoms with Gasteiger partial charge in [-0.15, -0.1) is 0 Å². The molecule has 0 aliphatic carbocycles. The summed E-state index contributed by atoms with van der Waals surface area (Å²) in [6, 6.07) is 9.33. The van der Waals surface area contributed by atoms with E-state index in [0.29, 0.717) is 5.84 Å². The fourth-order valence-corrected chi connectivity index (χ4v) is 1.87. The molecule has 3 nitrogen and oxygen atoms in total. The lowest BCUT2D eigenvalue weighted by molar-refractivity contribution is 0.502. The van der Waals surface area contributed by atoms with Crippen LogP contribution in [0.25, 0.3) is 5.76 Å². The van der Waals surface area contributed by atoms with Crippen LogP contribution in [0.1, 0.15) is 18.4 Å². The summed E-state index contributed by atoms with van der Waals surface area (Å²) in [5, 5.41) is 17.7. The van der Waals surface area contributed by atoms with Crippen LogP contribution in [-0.4, -0.2) is 28.9 Å². The predicted molar refractivity (Wildman–Crippen MR) is 65.6 cm³/mol. The Labute approximate surface area is 95.5 Å². The molecule has 0 saturated carbocycles. The fourth-order valence-electron chi connectivity index (χ4n) is 1.87. The second-order valence-electron chi connectivity index (χ2n) is 3.97. The molecule has 1 aliphatic heterocycles. The van der Waals surface area contributed by atoms with E-state index in [1.165, 1.54) is 6.08 Å². The van der Waals surface area contributed by atoms with Gasteiger partial charge in [0.1, 0.15) is 11.6 Å². The van der Waals surface area contributed by atoms with Gasteiger partial charge < -0.3 is 10.0 Å². The number of amidine groups is 1. The van der Waals surface area contributed by atoms with E-state index in [2.05, 4.69) is 0 Å². The molecule has 1 heterocycles. The lowest BCUT2D eigenvalue weighted by Crippen LogP contribution is -2.25. The van der Waals surface area contributed by atoms with Crippen molar-refractivity contribution in [1.82, 2.24) is 4.90 Å². The maximum Gasteiger partial charge on any atom is 0.126 e. The number of benzene rings is 1. The smallest absolute Gasteiger partial charge is 0.126 e. The molecule has 0 spiro atoms. The normalized spacial score (nSPS) is 16.5. The highest BCUT2D eigenvalue weighted by Gasteiger charge is 2.13. The summed E-state index contributed by atoms with van der Waals surface area (Å²) in [5.74, 6) is 0.566. The van der Waals surface area contributed by atoms with Crippen molar-refractivity contribution in [2.45, 2.75) is 12.8 Å². The Morgan fingerprint density at radius 1 is 1.19 bits per heavy atom. The largest absolute Gasteiger partial charge is 0.507 e. The Hall–Kier alpha value is -1.77. The lowest BCUT2D eigenvalue weighted by Gasteiger charge is -2.15. The summed E-state index contributed by atoms with van der Waals surface area (Å²) in [7, 11) is 0. The van der Waals surface area contributed by atoms with Gasteiger partial charge in [-0.25, -0.2) is 0 Å². The van der Waals surface area contributed by atoms with Crippen LogP contribution in [0, 0.1) is 5.41 Å². The van der Waals surface area contributed by atoms with Crippen LogP contribution in [0.4, 0.5) is 0 Å². The third-order valence-electron chi connectivity index (χ3n) is 2.79. The molecule has 3 heteroatoms. The van der Waals surface area contributed by atoms with Gasteiger partial charge in [-0.1, -0.05) is 30.3 Å². The number of nitrogens with one attached hydrogen (secondary N) is 1. The maximum atomic E-state index is 9.84. The second-order valence-corrected chi connectivity index (χ2v) is 3.97. The average molecular weight is 216 g/mol. The molecule has 0 unspecified atom stereocenters. The fraction of sp³-hybridized carbons (Fsp3) is 0.308. The molecule has 84 valence electrons. The first kappa shape index (κ1) is 10.7. The highest BCUT2D eigenvalue weighted by molar-refractivity contribution is 5.95. The molecule has 2 rings (SSSR count). The number of aliphatic hydroxyl groups is 1. The van der Waals surface area contributed by atoms with Gasteiger partial charge in [0.25, 0.3) is 0 Å². The molecule has 0 amide bonds. The van der Waals surface area contributed by atoms with Gasteiger partial charge in [-0.3, -0.25) is 5.41 Å². The number of hydrogen-bond donors (Lipinski definition) is 2. The monoisotopic (exact) mass is 216 g/mol. The Kier molecular flexibility index (Phi) is 3.25. The number of likely N-dealkylation sites (tertiary alicyclic amines) is 1. The van der Waals surface area contributed by atoms with Crippen molar-refractivity contribution in [1.29, 1.82) is 5.41 Å². The zero-order valence-corrected chi connectivity index (χ0v) is 9.19. The van der Waals surface area contributed by atoms with Crippen molar-refractivity contribution in [3.63, 3.8) is 0 Å². The van der Waals surface area contributed by atoms with Crippen molar-refractivity contribution >= 4 is 11.6 Å². The van der Waals surface area contributed by atoms with E-state index in [1.807, 2.05) is 35.2 Å². The Morgan fingerprint density at radius 3 is 2.44 bits per heavy atom. The molecule has 0 aromatic heterocycles. The molecule has 1 saturated heterocycles. The Morgan fingerprint density at radius 2 is 1.81 bits per heavy atom. The van der Waals surface area contributed by atoms with E-state index >= 15 is 0 Å². The average Bonchev–Trinajstić information content (AvgIpc) is 2.83. The molecule has 1 aromatic carbocycles. The molecule has 0 atom stereocenters. The summed E-state index contributed by atoms with van der Waals surface area (Å²) in [4.78, 5) is 1.99. The van der Waals surface area contributed by atoms with E-state index in [4.69, 9.17) is 5.41 Å². The molecule has 1 fully saturated rings. The molecule has 0 bridgehead atoms. The minimum atomic E-state index is 0.164. The molecular formula is C13H16N2O. The van der Waals surface area contributed by atoms with Crippen molar-refractivity contribution in [2.75, 3.05) is 13.1 Å². The van der Waals surface area contributed by atoms with Gasteiger partial charge >= 0.3 is 0 Å². The van der Waals surface area contributed by atoms with Gasteiger partial charge in [-0.05, 0) is 12.8 Å². The van der Waals surface area contributed by atoms with Crippen molar-refractivity contribution in [2.24, 2.45) is 0 Å². The summed E-state index contributed by atoms with van der Waals surface area (Å²) in [6.45, 7) is 1.86. The summed E-state index contributed by atoms with van der Waals surface area (Å²) in [5.41, 5.74) is 0.756. The van der Waals surface area contributed by atoms with Crippen molar-refractivity contribution in [3.05, 3.63) is 42.0 Å². The highest BCUT2D eigenvalue weighted by atomic mass is 16.3. The van der Waals surface area contributed by atoms with E-state index in [9.17, 15) is 5.11 Å². The van der Waals surface area contributed by atoms with Crippen LogP contribution in [0.3, 0.4) is 0 Å². The van der Waals surface area contributed by atoms with E-state index in [0.717, 1.165) is 31.5 Å². The Bertz CT molecular complexity index is 392. The molecular weight excluding hydrogens is 200 g/mol. The van der Waals surface area contributed by atoms with Crippen LogP contribution in [0.15, 0.2) is 36.4 Å². The van der Waals surface area contributed by atoms with Crippen LogP contribution >= 0.6 is 0 Å². The van der Waals surface area contributed by atoms with E-state index in [1.54, 1.807) is 0 Å². The molecule has 2 N–H and O–H groups in total. The maximum absolute atomic E-state index is 9.84. The standard InChI is InChI=1S/C13H16N2O/c14-13(15-8-4-5-9-15)10-12(16)11-6-2-1-3-7-11/h1-3,6-7,10,14,16H,4-5,8-9H2/b12-10-,14-13?. The van der Waals surface area contributed by atoms with E-state index < -0.39 is 0 Å². The number of nitrogens with zero attached hydrogens (tertiary/aromatic N) is 1. The first-order valence-electron chi connectivity index (χ1n) is 5.57. The quantitative estimate of drug-likeness (QED) is 0.453. The highest BCUT2D eigenvalue weighted by Crippen LogP contribution is 2.13. The van der Waals surface area contributed by atoms with Gasteiger partial charge in [-0.2, -0.15) is 0 Å². The first-order chi connectivity index (χ1) is 7.77. The minimum Gasteiger partial charge on any atom is -0.507 e. The molecule has 1 aliphatic rings. The Balaban J connectivity index is 2.09. The van der Waals surface area contributed by atoms with Crippen molar-refractivity contribution < 1.29 is 5.11 Å². The third kappa shape index (κ3) is 2.42. The van der Waals surface area contributed by atoms with Crippen LogP contribution < -0.4 is 0 Å². The van der Waals surface area contributed by atoms with Crippen LogP contribution in [0.5, 0.6) is 0 Å². The van der Waals surface area contributed by atoms with Gasteiger partial charge in [0, 0.05) is 24.7 Å². The summed E-state index contributed by atoms with van der Waals surface area (Å²) >= 11 is 0. The zero-order chi connectivity index (χ0) is 11.4. The van der Waals surface area contributed by atoms with E-state index in [-0.39, 0.29) is 5.76 Å². The van der Waals surface area contributed by atoms with Gasteiger partial charge in [0.15, 0.2) is 0 Å². The number of aliphatic hydroxyl groups excluding tert-OH is 1. The van der Waals surface area contributed by atoms with Gasteiger partial charge in [0.05, 0.1) is 0 Å². The number of rotatable bonds is 2. The minimum absolute atomic E-state index is 0.164. The van der Waals surface area contributed by atoms with Crippen molar-refractivity contribution in [3.8, 4) is 0 Å². The molecule has 0 radical (unpaired) electrons. The lowest BCUT2D eigenvalue weighted by atomic mass is 10.2. The predicted octanol–water partition coefficient (Wildman–Crippen LogP) is 2.66. The SMILES string of the molecule is N=C(/C=C(\O)c1ccccc1)N1CCCC1. The van der Waals surface area contributed by atoms with Gasteiger partial charge in [0.2, 0.25) is 0 Å². The van der Waals surface area contributed by atoms with Crippen LogP contribution in [-0.2, 0) is 0 Å². The zero-order valence-electron chi connectivity index (χ0n) is 9.19. The topological polar surface area (TPSA) is 47.3 Å². The first-order valence-corrected chi connectivity index (χ1v) is 5.57. The summed E-state index contributed by atoms with van der Waals surface area (Å²) < 4.78 is 0. The summed E-state index contributed by atoms with van der Waals surface area (Å²) in [6.07, 6.45) is 3.81. The number of hydrogen-bond acceptors (Lipinski definition) is 2.